The summed E-state index contributed by atoms with van der Waals surface area (Å²) in [6, 6.07) is 5.43. The minimum atomic E-state index is -0.599. The van der Waals surface area contributed by atoms with E-state index >= 15 is 0 Å². The number of alkyl halides is 1. The first-order chi connectivity index (χ1) is 6.67. The van der Waals surface area contributed by atoms with E-state index in [9.17, 15) is 8.78 Å². The minimum absolute atomic E-state index is 0.282. The average Bonchev–Trinajstić information content (AvgIpc) is 2.17. The summed E-state index contributed by atoms with van der Waals surface area (Å²) in [6.07, 6.45) is 0.299. The molecule has 1 aromatic rings. The van der Waals surface area contributed by atoms with E-state index in [0.717, 1.165) is 6.07 Å². The molecule has 74 valence electrons. The first-order valence-electron chi connectivity index (χ1n) is 4.07. The lowest BCUT2D eigenvalue weighted by Crippen LogP contribution is -2.05. The maximum absolute atomic E-state index is 13.1. The molecule has 1 nitrogen and oxygen atoms in total. The SMILES string of the molecule is N#CC(CBr)Cc1ccc(F)cc1F. The third-order valence-corrected chi connectivity index (χ3v) is 2.63. The van der Waals surface area contributed by atoms with Crippen LogP contribution in [0.3, 0.4) is 0 Å². The molecule has 0 spiro atoms. The average molecular weight is 260 g/mol. The van der Waals surface area contributed by atoms with Gasteiger partial charge in [-0.1, -0.05) is 22.0 Å². The first-order valence-corrected chi connectivity index (χ1v) is 5.19. The summed E-state index contributed by atoms with van der Waals surface area (Å²) in [4.78, 5) is 0. The zero-order chi connectivity index (χ0) is 10.6. The molecule has 0 N–H and O–H groups in total. The fourth-order valence-electron chi connectivity index (χ4n) is 1.09. The van der Waals surface area contributed by atoms with Gasteiger partial charge in [0.1, 0.15) is 11.6 Å². The molecule has 0 aliphatic carbocycles. The van der Waals surface area contributed by atoms with Gasteiger partial charge in [0.25, 0.3) is 0 Å². The molecular formula is C10H8BrF2N. The zero-order valence-corrected chi connectivity index (χ0v) is 8.89. The van der Waals surface area contributed by atoms with Crippen molar-refractivity contribution in [3.05, 3.63) is 35.4 Å². The van der Waals surface area contributed by atoms with Gasteiger partial charge >= 0.3 is 0 Å². The van der Waals surface area contributed by atoms with E-state index in [2.05, 4.69) is 15.9 Å². The summed E-state index contributed by atoms with van der Waals surface area (Å²) >= 11 is 3.15. The molecule has 0 aliphatic heterocycles. The lowest BCUT2D eigenvalue weighted by molar-refractivity contribution is 0.564. The van der Waals surface area contributed by atoms with Crippen LogP contribution in [0.2, 0.25) is 0 Å². The third kappa shape index (κ3) is 2.78. The molecule has 1 aromatic carbocycles. The van der Waals surface area contributed by atoms with E-state index in [4.69, 9.17) is 5.26 Å². The van der Waals surface area contributed by atoms with Gasteiger partial charge in [0.05, 0.1) is 12.0 Å². The van der Waals surface area contributed by atoms with Gasteiger partial charge in [-0.05, 0) is 18.1 Å². The van der Waals surface area contributed by atoms with Crippen LogP contribution in [0.15, 0.2) is 18.2 Å². The number of hydrogen-bond donors (Lipinski definition) is 0. The van der Waals surface area contributed by atoms with Crippen LogP contribution < -0.4 is 0 Å². The van der Waals surface area contributed by atoms with Crippen LogP contribution in [-0.4, -0.2) is 5.33 Å². The van der Waals surface area contributed by atoms with Gasteiger partial charge in [0.15, 0.2) is 0 Å². The van der Waals surface area contributed by atoms with Crippen molar-refractivity contribution in [3.63, 3.8) is 0 Å². The highest BCUT2D eigenvalue weighted by Gasteiger charge is 2.10. The molecule has 0 aromatic heterocycles. The van der Waals surface area contributed by atoms with Gasteiger partial charge in [-0.2, -0.15) is 5.26 Å². The Hall–Kier alpha value is -0.950. The predicted molar refractivity (Wildman–Crippen MR) is 53.0 cm³/mol. The zero-order valence-electron chi connectivity index (χ0n) is 7.30. The summed E-state index contributed by atoms with van der Waals surface area (Å²) < 4.78 is 25.7. The number of rotatable bonds is 3. The van der Waals surface area contributed by atoms with E-state index in [-0.39, 0.29) is 5.92 Å². The van der Waals surface area contributed by atoms with Crippen LogP contribution in [0.5, 0.6) is 0 Å². The maximum Gasteiger partial charge on any atom is 0.129 e. The van der Waals surface area contributed by atoms with Gasteiger partial charge in [0, 0.05) is 11.4 Å². The summed E-state index contributed by atoms with van der Waals surface area (Å²) in [5.74, 6) is -1.47. The Labute approximate surface area is 89.5 Å². The van der Waals surface area contributed by atoms with E-state index in [1.807, 2.05) is 6.07 Å². The number of halogens is 3. The molecule has 0 amide bonds. The maximum atomic E-state index is 13.1. The van der Waals surface area contributed by atoms with Gasteiger partial charge in [0.2, 0.25) is 0 Å². The standard InChI is InChI=1S/C10H8BrF2N/c11-5-7(6-14)3-8-1-2-9(12)4-10(8)13/h1-2,4,7H,3,5H2. The summed E-state index contributed by atoms with van der Waals surface area (Å²) in [7, 11) is 0. The minimum Gasteiger partial charge on any atom is -0.207 e. The van der Waals surface area contributed by atoms with Crippen LogP contribution in [0.1, 0.15) is 5.56 Å². The second kappa shape index (κ2) is 5.06. The van der Waals surface area contributed by atoms with Crippen molar-refractivity contribution in [1.82, 2.24) is 0 Å². The molecule has 0 radical (unpaired) electrons. The molecule has 0 heterocycles. The van der Waals surface area contributed by atoms with E-state index in [0.29, 0.717) is 17.3 Å². The first kappa shape index (κ1) is 11.1. The van der Waals surface area contributed by atoms with Crippen molar-refractivity contribution in [3.8, 4) is 6.07 Å². The van der Waals surface area contributed by atoms with Crippen molar-refractivity contribution in [1.29, 1.82) is 5.26 Å². The smallest absolute Gasteiger partial charge is 0.129 e. The Morgan fingerprint density at radius 1 is 1.43 bits per heavy atom. The Kier molecular flexibility index (Phi) is 4.02. The molecule has 14 heavy (non-hydrogen) atoms. The van der Waals surface area contributed by atoms with Crippen molar-refractivity contribution >= 4 is 15.9 Å². The highest BCUT2D eigenvalue weighted by molar-refractivity contribution is 9.09. The molecule has 0 saturated carbocycles. The molecule has 0 fully saturated rings. The Morgan fingerprint density at radius 2 is 2.14 bits per heavy atom. The fourth-order valence-corrected chi connectivity index (χ4v) is 1.46. The van der Waals surface area contributed by atoms with Crippen LogP contribution >= 0.6 is 15.9 Å². The van der Waals surface area contributed by atoms with E-state index in [1.54, 1.807) is 0 Å². The van der Waals surface area contributed by atoms with Crippen LogP contribution in [0, 0.1) is 28.9 Å². The highest BCUT2D eigenvalue weighted by atomic mass is 79.9. The lowest BCUT2D eigenvalue weighted by atomic mass is 10.0. The van der Waals surface area contributed by atoms with Crippen molar-refractivity contribution in [2.75, 3.05) is 5.33 Å². The van der Waals surface area contributed by atoms with Crippen LogP contribution in [-0.2, 0) is 6.42 Å². The van der Waals surface area contributed by atoms with Crippen LogP contribution in [0.25, 0.3) is 0 Å². The van der Waals surface area contributed by atoms with Crippen LogP contribution in [0.4, 0.5) is 8.78 Å². The van der Waals surface area contributed by atoms with Crippen molar-refractivity contribution in [2.45, 2.75) is 6.42 Å². The molecule has 1 atom stereocenters. The van der Waals surface area contributed by atoms with Gasteiger partial charge in [-0.25, -0.2) is 8.78 Å². The van der Waals surface area contributed by atoms with Crippen molar-refractivity contribution in [2.24, 2.45) is 5.92 Å². The van der Waals surface area contributed by atoms with E-state index in [1.165, 1.54) is 12.1 Å². The fraction of sp³-hybridized carbons (Fsp3) is 0.300. The Bertz CT molecular complexity index is 360. The number of nitriles is 1. The van der Waals surface area contributed by atoms with Crippen molar-refractivity contribution < 1.29 is 8.78 Å². The van der Waals surface area contributed by atoms with Gasteiger partial charge < -0.3 is 0 Å². The lowest BCUT2D eigenvalue weighted by Gasteiger charge is -2.05. The third-order valence-electron chi connectivity index (χ3n) is 1.85. The largest absolute Gasteiger partial charge is 0.207 e. The monoisotopic (exact) mass is 259 g/mol. The van der Waals surface area contributed by atoms with Gasteiger partial charge in [-0.15, -0.1) is 0 Å². The topological polar surface area (TPSA) is 23.8 Å². The molecule has 4 heteroatoms. The normalized spacial score (nSPS) is 12.1. The Morgan fingerprint density at radius 3 is 2.64 bits per heavy atom. The molecule has 1 unspecified atom stereocenters. The number of hydrogen-bond acceptors (Lipinski definition) is 1. The molecule has 0 bridgehead atoms. The quantitative estimate of drug-likeness (QED) is 0.766. The Balaban J connectivity index is 2.82. The molecule has 0 saturated heterocycles. The highest BCUT2D eigenvalue weighted by Crippen LogP contribution is 2.15. The van der Waals surface area contributed by atoms with E-state index < -0.39 is 11.6 Å². The second-order valence-corrected chi connectivity index (χ2v) is 3.57. The summed E-state index contributed by atoms with van der Waals surface area (Å²) in [5, 5.41) is 9.14. The molecule has 1 rings (SSSR count). The second-order valence-electron chi connectivity index (χ2n) is 2.92. The molecular weight excluding hydrogens is 252 g/mol. The number of nitrogens with zero attached hydrogens (tertiary/aromatic N) is 1. The number of benzene rings is 1. The van der Waals surface area contributed by atoms with Gasteiger partial charge in [-0.3, -0.25) is 0 Å². The molecule has 0 aliphatic rings. The summed E-state index contributed by atoms with van der Waals surface area (Å²) in [6.45, 7) is 0. The summed E-state index contributed by atoms with van der Waals surface area (Å²) in [5.41, 5.74) is 0.373. The predicted octanol–water partition coefficient (Wildman–Crippen LogP) is 3.04.